The lowest BCUT2D eigenvalue weighted by Gasteiger charge is -2.09. The van der Waals surface area contributed by atoms with Crippen LogP contribution in [0.1, 0.15) is 12.7 Å². The molecule has 0 saturated heterocycles. The summed E-state index contributed by atoms with van der Waals surface area (Å²) in [6, 6.07) is 1.86. The molecule has 4 nitrogen and oxygen atoms in total. The summed E-state index contributed by atoms with van der Waals surface area (Å²) in [6.07, 6.45) is 1.65. The van der Waals surface area contributed by atoms with Gasteiger partial charge in [-0.2, -0.15) is 0 Å². The van der Waals surface area contributed by atoms with Crippen LogP contribution in [0.2, 0.25) is 0 Å². The van der Waals surface area contributed by atoms with Crippen LogP contribution in [0, 0.1) is 5.92 Å². The predicted molar refractivity (Wildman–Crippen MR) is 49.2 cm³/mol. The molecule has 0 spiro atoms. The third-order valence-corrected chi connectivity index (χ3v) is 1.73. The van der Waals surface area contributed by atoms with E-state index in [-0.39, 0.29) is 0 Å². The molecule has 1 aromatic heterocycles. The van der Waals surface area contributed by atoms with Crippen LogP contribution in [-0.4, -0.2) is 25.4 Å². The summed E-state index contributed by atoms with van der Waals surface area (Å²) < 4.78 is 9.95. The number of aromatic nitrogens is 1. The van der Waals surface area contributed by atoms with Crippen molar-refractivity contribution in [1.29, 1.82) is 0 Å². The van der Waals surface area contributed by atoms with Gasteiger partial charge < -0.3 is 14.6 Å². The Morgan fingerprint density at radius 3 is 3.15 bits per heavy atom. The highest BCUT2D eigenvalue weighted by Crippen LogP contribution is 1.97. The normalized spacial score (nSPS) is 13.1. The molecule has 0 aliphatic heterocycles. The summed E-state index contributed by atoms with van der Waals surface area (Å²) in [5.74, 6) is 1.39. The van der Waals surface area contributed by atoms with Crippen molar-refractivity contribution in [2.24, 2.45) is 5.92 Å². The molecule has 1 unspecified atom stereocenters. The van der Waals surface area contributed by atoms with Crippen molar-refractivity contribution in [3.8, 4) is 0 Å². The lowest BCUT2D eigenvalue weighted by molar-refractivity contribution is 0.158. The summed E-state index contributed by atoms with van der Waals surface area (Å²) in [6.45, 7) is 4.57. The van der Waals surface area contributed by atoms with Gasteiger partial charge in [0.1, 0.15) is 5.76 Å². The first-order chi connectivity index (χ1) is 6.33. The quantitative estimate of drug-likeness (QED) is 0.717. The molecule has 1 rings (SSSR count). The summed E-state index contributed by atoms with van der Waals surface area (Å²) in [5, 5.41) is 6.88. The fourth-order valence-electron chi connectivity index (χ4n) is 1.12. The van der Waals surface area contributed by atoms with E-state index < -0.39 is 0 Å². The van der Waals surface area contributed by atoms with Crippen LogP contribution >= 0.6 is 0 Å². The van der Waals surface area contributed by atoms with E-state index in [9.17, 15) is 0 Å². The number of nitrogens with zero attached hydrogens (tertiary/aromatic N) is 1. The van der Waals surface area contributed by atoms with Crippen LogP contribution in [0.4, 0.5) is 0 Å². The molecule has 1 N–H and O–H groups in total. The minimum atomic E-state index is 0.521. The van der Waals surface area contributed by atoms with Gasteiger partial charge in [0.25, 0.3) is 0 Å². The summed E-state index contributed by atoms with van der Waals surface area (Å²) >= 11 is 0. The van der Waals surface area contributed by atoms with E-state index in [4.69, 9.17) is 9.26 Å². The molecule has 74 valence electrons. The zero-order valence-electron chi connectivity index (χ0n) is 8.12. The van der Waals surface area contributed by atoms with Gasteiger partial charge in [0.15, 0.2) is 0 Å². The Kier molecular flexibility index (Phi) is 4.49. The topological polar surface area (TPSA) is 47.3 Å². The number of rotatable bonds is 6. The molecule has 1 aromatic rings. The van der Waals surface area contributed by atoms with Gasteiger partial charge in [-0.3, -0.25) is 0 Å². The van der Waals surface area contributed by atoms with E-state index in [1.165, 1.54) is 0 Å². The second-order valence-corrected chi connectivity index (χ2v) is 3.17. The van der Waals surface area contributed by atoms with E-state index in [1.54, 1.807) is 13.3 Å². The first-order valence-corrected chi connectivity index (χ1v) is 4.42. The Balaban J connectivity index is 2.07. The Hall–Kier alpha value is -0.870. The molecule has 0 radical (unpaired) electrons. The van der Waals surface area contributed by atoms with E-state index in [2.05, 4.69) is 17.4 Å². The fourth-order valence-corrected chi connectivity index (χ4v) is 1.12. The minimum absolute atomic E-state index is 0.521. The van der Waals surface area contributed by atoms with Crippen LogP contribution in [0.5, 0.6) is 0 Å². The van der Waals surface area contributed by atoms with Crippen molar-refractivity contribution in [2.45, 2.75) is 13.5 Å². The standard InChI is InChI=1S/C9H16N2O2/c1-8(7-12-2)5-10-6-9-3-4-11-13-9/h3-4,8,10H,5-7H2,1-2H3. The van der Waals surface area contributed by atoms with Gasteiger partial charge >= 0.3 is 0 Å². The third kappa shape index (κ3) is 4.05. The number of hydrogen-bond acceptors (Lipinski definition) is 4. The van der Waals surface area contributed by atoms with Crippen molar-refractivity contribution >= 4 is 0 Å². The molecule has 0 aromatic carbocycles. The van der Waals surface area contributed by atoms with E-state index in [0.29, 0.717) is 5.92 Å². The molecule has 0 bridgehead atoms. The molecule has 0 amide bonds. The molecule has 1 atom stereocenters. The summed E-state index contributed by atoms with van der Waals surface area (Å²) in [7, 11) is 1.72. The average Bonchev–Trinajstić information content (AvgIpc) is 2.57. The van der Waals surface area contributed by atoms with Gasteiger partial charge in [0, 0.05) is 26.3 Å². The van der Waals surface area contributed by atoms with Crippen LogP contribution in [-0.2, 0) is 11.3 Å². The van der Waals surface area contributed by atoms with Gasteiger partial charge in [-0.15, -0.1) is 0 Å². The van der Waals surface area contributed by atoms with Crippen molar-refractivity contribution in [3.05, 3.63) is 18.0 Å². The minimum Gasteiger partial charge on any atom is -0.384 e. The molecular formula is C9H16N2O2. The molecule has 0 fully saturated rings. The SMILES string of the molecule is COCC(C)CNCc1ccno1. The fraction of sp³-hybridized carbons (Fsp3) is 0.667. The highest BCUT2D eigenvalue weighted by atomic mass is 16.5. The van der Waals surface area contributed by atoms with Gasteiger partial charge in [0.05, 0.1) is 12.7 Å². The van der Waals surface area contributed by atoms with Gasteiger partial charge in [-0.05, 0) is 5.92 Å². The van der Waals surface area contributed by atoms with Crippen molar-refractivity contribution in [3.63, 3.8) is 0 Å². The number of nitrogens with one attached hydrogen (secondary N) is 1. The van der Waals surface area contributed by atoms with Crippen LogP contribution in [0.15, 0.2) is 16.8 Å². The molecular weight excluding hydrogens is 168 g/mol. The maximum absolute atomic E-state index is 5.02. The monoisotopic (exact) mass is 184 g/mol. The van der Waals surface area contributed by atoms with Gasteiger partial charge in [0.2, 0.25) is 0 Å². The summed E-state index contributed by atoms with van der Waals surface area (Å²) in [4.78, 5) is 0. The molecule has 0 aliphatic rings. The molecule has 0 aliphatic carbocycles. The second kappa shape index (κ2) is 5.72. The zero-order valence-corrected chi connectivity index (χ0v) is 8.12. The Morgan fingerprint density at radius 1 is 1.69 bits per heavy atom. The van der Waals surface area contributed by atoms with Crippen LogP contribution in [0.3, 0.4) is 0 Å². The Bertz CT molecular complexity index is 211. The molecule has 4 heteroatoms. The molecule has 0 saturated carbocycles. The maximum Gasteiger partial charge on any atom is 0.150 e. The van der Waals surface area contributed by atoms with Crippen molar-refractivity contribution in [2.75, 3.05) is 20.3 Å². The van der Waals surface area contributed by atoms with Crippen molar-refractivity contribution < 1.29 is 9.26 Å². The van der Waals surface area contributed by atoms with Crippen molar-refractivity contribution in [1.82, 2.24) is 10.5 Å². The first kappa shape index (κ1) is 10.2. The van der Waals surface area contributed by atoms with E-state index >= 15 is 0 Å². The Morgan fingerprint density at radius 2 is 2.54 bits per heavy atom. The van der Waals surface area contributed by atoms with E-state index in [0.717, 1.165) is 25.5 Å². The van der Waals surface area contributed by atoms with E-state index in [1.807, 2.05) is 6.07 Å². The number of methoxy groups -OCH3 is 1. The zero-order chi connectivity index (χ0) is 9.52. The molecule has 1 heterocycles. The number of hydrogen-bond donors (Lipinski definition) is 1. The lowest BCUT2D eigenvalue weighted by atomic mass is 10.2. The average molecular weight is 184 g/mol. The summed E-state index contributed by atoms with van der Waals surface area (Å²) in [5.41, 5.74) is 0. The predicted octanol–water partition coefficient (Wildman–Crippen LogP) is 1.05. The Labute approximate surface area is 78.2 Å². The molecule has 13 heavy (non-hydrogen) atoms. The second-order valence-electron chi connectivity index (χ2n) is 3.17. The van der Waals surface area contributed by atoms with Crippen LogP contribution < -0.4 is 5.32 Å². The maximum atomic E-state index is 5.02. The van der Waals surface area contributed by atoms with Gasteiger partial charge in [-0.1, -0.05) is 12.1 Å². The first-order valence-electron chi connectivity index (χ1n) is 4.42. The largest absolute Gasteiger partial charge is 0.384 e. The smallest absolute Gasteiger partial charge is 0.150 e. The lowest BCUT2D eigenvalue weighted by Crippen LogP contribution is -2.23. The third-order valence-electron chi connectivity index (χ3n) is 1.73. The van der Waals surface area contributed by atoms with Gasteiger partial charge in [-0.25, -0.2) is 0 Å². The highest BCUT2D eigenvalue weighted by Gasteiger charge is 2.01. The number of ether oxygens (including phenoxy) is 1. The highest BCUT2D eigenvalue weighted by molar-refractivity contribution is 4.91. The van der Waals surface area contributed by atoms with Crippen LogP contribution in [0.25, 0.3) is 0 Å².